The van der Waals surface area contributed by atoms with Gasteiger partial charge in [0.05, 0.1) is 30.5 Å². The molecule has 2 heterocycles. The highest BCUT2D eigenvalue weighted by molar-refractivity contribution is 5.93. The maximum atomic E-state index is 12.5. The normalized spacial score (nSPS) is 20.3. The maximum absolute atomic E-state index is 12.5. The van der Waals surface area contributed by atoms with Crippen molar-refractivity contribution in [1.82, 2.24) is 15.2 Å². The van der Waals surface area contributed by atoms with E-state index >= 15 is 0 Å². The average Bonchev–Trinajstić information content (AvgIpc) is 3.18. The van der Waals surface area contributed by atoms with E-state index in [1.54, 1.807) is 24.5 Å². The largest absolute Gasteiger partial charge is 0.392 e. The van der Waals surface area contributed by atoms with E-state index in [9.17, 15) is 15.0 Å². The number of carbonyl (C=O) groups is 1. The molecule has 0 saturated carbocycles. The van der Waals surface area contributed by atoms with E-state index in [0.29, 0.717) is 18.7 Å². The molecule has 6 atom stereocenters. The maximum Gasteiger partial charge on any atom is 0.253 e. The summed E-state index contributed by atoms with van der Waals surface area (Å²) in [5.74, 6) is -0.154. The van der Waals surface area contributed by atoms with E-state index < -0.39 is 12.4 Å². The van der Waals surface area contributed by atoms with E-state index in [-0.39, 0.29) is 36.7 Å². The van der Waals surface area contributed by atoms with E-state index in [4.69, 9.17) is 9.47 Å². The van der Waals surface area contributed by atoms with Crippen molar-refractivity contribution < 1.29 is 24.5 Å². The van der Waals surface area contributed by atoms with Crippen molar-refractivity contribution in [3.05, 3.63) is 161 Å². The number of aromatic nitrogens is 1. The zero-order chi connectivity index (χ0) is 35.0. The van der Waals surface area contributed by atoms with Crippen molar-refractivity contribution in [2.24, 2.45) is 5.92 Å². The van der Waals surface area contributed by atoms with E-state index in [1.807, 2.05) is 92.8 Å². The molecule has 0 aliphatic carbocycles. The molecule has 0 bridgehead atoms. The Labute approximate surface area is 294 Å². The van der Waals surface area contributed by atoms with Gasteiger partial charge in [-0.25, -0.2) is 0 Å². The summed E-state index contributed by atoms with van der Waals surface area (Å²) < 4.78 is 13.4. The first-order valence-electron chi connectivity index (χ1n) is 17.1. The van der Waals surface area contributed by atoms with Crippen LogP contribution in [0.3, 0.4) is 0 Å². The highest BCUT2D eigenvalue weighted by atomic mass is 16.7. The number of ether oxygens (including phenoxy) is 2. The van der Waals surface area contributed by atoms with Crippen LogP contribution in [0.5, 0.6) is 0 Å². The van der Waals surface area contributed by atoms with Gasteiger partial charge in [0.1, 0.15) is 0 Å². The minimum absolute atomic E-state index is 0.00963. The number of aliphatic hydroxyl groups is 2. The molecule has 1 amide bonds. The zero-order valence-corrected chi connectivity index (χ0v) is 28.7. The monoisotopic (exact) mass is 671 g/mol. The van der Waals surface area contributed by atoms with Crippen LogP contribution in [-0.2, 0) is 22.6 Å². The highest BCUT2D eigenvalue weighted by Crippen LogP contribution is 2.42. The summed E-state index contributed by atoms with van der Waals surface area (Å²) >= 11 is 0. The third kappa shape index (κ3) is 8.35. The number of amides is 1. The topological polar surface area (TPSA) is 104 Å². The molecule has 6 unspecified atom stereocenters. The third-order valence-corrected chi connectivity index (χ3v) is 9.70. The van der Waals surface area contributed by atoms with Gasteiger partial charge in [0, 0.05) is 43.0 Å². The summed E-state index contributed by atoms with van der Waals surface area (Å²) in [5, 5.41) is 23.7. The molecule has 4 aromatic carbocycles. The number of aliphatic hydroxyl groups excluding tert-OH is 2. The Morgan fingerprint density at radius 2 is 1.60 bits per heavy atom. The number of benzene rings is 4. The number of hydrogen-bond donors (Lipinski definition) is 3. The summed E-state index contributed by atoms with van der Waals surface area (Å²) in [6, 6.07) is 37.3. The molecule has 8 nitrogen and oxygen atoms in total. The van der Waals surface area contributed by atoms with Crippen molar-refractivity contribution in [3.8, 4) is 11.1 Å². The van der Waals surface area contributed by atoms with Crippen molar-refractivity contribution >= 4 is 5.91 Å². The third-order valence-electron chi connectivity index (χ3n) is 9.70. The van der Waals surface area contributed by atoms with Gasteiger partial charge in [0.25, 0.3) is 5.91 Å². The molecule has 1 aromatic heterocycles. The Hall–Kier alpha value is -4.70. The van der Waals surface area contributed by atoms with Crippen molar-refractivity contribution in [3.63, 3.8) is 0 Å². The molecule has 0 radical (unpaired) electrons. The summed E-state index contributed by atoms with van der Waals surface area (Å²) in [6.07, 6.45) is 1.52. The number of pyridine rings is 1. The predicted molar refractivity (Wildman–Crippen MR) is 194 cm³/mol. The van der Waals surface area contributed by atoms with Gasteiger partial charge < -0.3 is 25.0 Å². The Bertz CT molecular complexity index is 1820. The van der Waals surface area contributed by atoms with Crippen LogP contribution >= 0.6 is 0 Å². The molecular weight excluding hydrogens is 626 g/mol. The molecule has 1 saturated heterocycles. The minimum Gasteiger partial charge on any atom is -0.392 e. The second-order valence-corrected chi connectivity index (χ2v) is 13.1. The first-order valence-corrected chi connectivity index (χ1v) is 17.1. The first kappa shape index (κ1) is 35.1. The van der Waals surface area contributed by atoms with Gasteiger partial charge in [-0.05, 0) is 65.6 Å². The number of carbonyl (C=O) groups excluding carboxylic acids is 1. The SMILES string of the molecule is CC1C(CN(C)C(C)C(O)c2ccccc2)OC(c2ccc(-c3cccc(CNC(=O)c4cccnc4)c3)cc2)OC1c1ccc(CO)cc1. The Kier molecular flexibility index (Phi) is 11.5. The molecule has 3 N–H and O–H groups in total. The van der Waals surface area contributed by atoms with Gasteiger partial charge in [-0.15, -0.1) is 0 Å². The molecule has 6 rings (SSSR count). The number of hydrogen-bond acceptors (Lipinski definition) is 7. The summed E-state index contributed by atoms with van der Waals surface area (Å²) in [4.78, 5) is 18.7. The van der Waals surface area contributed by atoms with E-state index in [2.05, 4.69) is 46.4 Å². The zero-order valence-electron chi connectivity index (χ0n) is 28.7. The van der Waals surface area contributed by atoms with Crippen LogP contribution < -0.4 is 5.32 Å². The second-order valence-electron chi connectivity index (χ2n) is 13.1. The van der Waals surface area contributed by atoms with Gasteiger partial charge in [0.2, 0.25) is 0 Å². The fraction of sp³-hybridized carbons (Fsp3) is 0.286. The van der Waals surface area contributed by atoms with Gasteiger partial charge in [-0.3, -0.25) is 14.7 Å². The molecule has 258 valence electrons. The fourth-order valence-electron chi connectivity index (χ4n) is 6.42. The lowest BCUT2D eigenvalue weighted by Gasteiger charge is -2.43. The number of nitrogens with zero attached hydrogens (tertiary/aromatic N) is 2. The lowest BCUT2D eigenvalue weighted by molar-refractivity contribution is -0.276. The van der Waals surface area contributed by atoms with Gasteiger partial charge >= 0.3 is 0 Å². The Morgan fingerprint density at radius 3 is 2.30 bits per heavy atom. The van der Waals surface area contributed by atoms with Crippen molar-refractivity contribution in [1.29, 1.82) is 0 Å². The van der Waals surface area contributed by atoms with Crippen LogP contribution in [0.4, 0.5) is 0 Å². The molecule has 5 aromatic rings. The minimum atomic E-state index is -0.641. The molecule has 1 fully saturated rings. The molecule has 50 heavy (non-hydrogen) atoms. The summed E-state index contributed by atoms with van der Waals surface area (Å²) in [6.45, 7) is 5.16. The van der Waals surface area contributed by atoms with Crippen LogP contribution in [-0.4, -0.2) is 51.7 Å². The van der Waals surface area contributed by atoms with Crippen molar-refractivity contribution in [2.75, 3.05) is 13.6 Å². The second kappa shape index (κ2) is 16.3. The quantitative estimate of drug-likeness (QED) is 0.131. The summed E-state index contributed by atoms with van der Waals surface area (Å²) in [7, 11) is 2.02. The molecule has 1 aliphatic rings. The highest BCUT2D eigenvalue weighted by Gasteiger charge is 2.39. The van der Waals surface area contributed by atoms with Gasteiger partial charge in [-0.2, -0.15) is 0 Å². The lowest BCUT2D eigenvalue weighted by Crippen LogP contribution is -2.46. The van der Waals surface area contributed by atoms with E-state index in [1.165, 1.54) is 0 Å². The molecule has 1 aliphatic heterocycles. The van der Waals surface area contributed by atoms with Crippen LogP contribution in [0.15, 0.2) is 128 Å². The van der Waals surface area contributed by atoms with Crippen LogP contribution in [0.2, 0.25) is 0 Å². The average molecular weight is 672 g/mol. The molecule has 0 spiro atoms. The van der Waals surface area contributed by atoms with Crippen LogP contribution in [0.25, 0.3) is 11.1 Å². The molecule has 8 heteroatoms. The Balaban J connectivity index is 1.19. The van der Waals surface area contributed by atoms with E-state index in [0.717, 1.165) is 38.9 Å². The number of likely N-dealkylation sites (N-methyl/N-ethyl adjacent to an activating group) is 1. The van der Waals surface area contributed by atoms with Gasteiger partial charge in [0.15, 0.2) is 6.29 Å². The standard InChI is InChI=1S/C42H45N3O5/c1-28-38(26-45(3)29(2)39(47)33-10-5-4-6-11-33)49-42(50-40(28)34-16-14-30(27-46)15-17-34)35-20-18-32(19-21-35)36-12-7-9-31(23-36)24-44-41(48)37-13-8-22-43-25-37/h4-23,25,28-29,38-40,42,46-47H,24,26-27H2,1-3H3,(H,44,48). The number of rotatable bonds is 12. The first-order chi connectivity index (χ1) is 24.3. The van der Waals surface area contributed by atoms with Gasteiger partial charge in [-0.1, -0.05) is 104 Å². The summed E-state index contributed by atoms with van der Waals surface area (Å²) in [5.41, 5.74) is 7.25. The van der Waals surface area contributed by atoms with Crippen molar-refractivity contribution in [2.45, 2.75) is 57.6 Å². The lowest BCUT2D eigenvalue weighted by atomic mass is 9.89. The van der Waals surface area contributed by atoms with Crippen LogP contribution in [0, 0.1) is 5.92 Å². The van der Waals surface area contributed by atoms with Crippen LogP contribution in [0.1, 0.15) is 70.5 Å². The Morgan fingerprint density at radius 1 is 0.860 bits per heavy atom. The smallest absolute Gasteiger partial charge is 0.253 e. The predicted octanol–water partition coefficient (Wildman–Crippen LogP) is 7.02. The number of nitrogens with one attached hydrogen (secondary N) is 1. The molecular formula is C42H45N3O5. The fourth-order valence-corrected chi connectivity index (χ4v) is 6.42.